The van der Waals surface area contributed by atoms with Crippen molar-refractivity contribution in [3.05, 3.63) is 54.6 Å². The standard InChI is InChI=1S/C17H20/c1-3-4-5-9-14(2)16-13-8-11-15-10-6-7-12-17(15)16/h6-8,10-13H,2-5,9H2,1H3. The monoisotopic (exact) mass is 224 g/mol. The molecule has 2 aromatic rings. The van der Waals surface area contributed by atoms with Gasteiger partial charge in [0.25, 0.3) is 0 Å². The van der Waals surface area contributed by atoms with E-state index in [-0.39, 0.29) is 0 Å². The second-order valence-electron chi connectivity index (χ2n) is 4.59. The van der Waals surface area contributed by atoms with Gasteiger partial charge in [-0.15, -0.1) is 0 Å². The maximum atomic E-state index is 4.25. The number of hydrogen-bond donors (Lipinski definition) is 0. The van der Waals surface area contributed by atoms with Crippen LogP contribution < -0.4 is 0 Å². The molecule has 0 bridgehead atoms. The highest BCUT2D eigenvalue weighted by atomic mass is 14.1. The molecule has 0 fully saturated rings. The minimum Gasteiger partial charge on any atom is -0.0952 e. The fraction of sp³-hybridized carbons (Fsp3) is 0.294. The summed E-state index contributed by atoms with van der Waals surface area (Å²) in [5.74, 6) is 0. The van der Waals surface area contributed by atoms with Crippen molar-refractivity contribution in [3.8, 4) is 0 Å². The molecule has 0 aromatic heterocycles. The first-order valence-electron chi connectivity index (χ1n) is 6.49. The van der Waals surface area contributed by atoms with Crippen molar-refractivity contribution < 1.29 is 0 Å². The molecular formula is C17H20. The second kappa shape index (κ2) is 5.67. The van der Waals surface area contributed by atoms with Crippen LogP contribution in [0.3, 0.4) is 0 Å². The van der Waals surface area contributed by atoms with E-state index in [0.29, 0.717) is 0 Å². The first kappa shape index (κ1) is 11.9. The van der Waals surface area contributed by atoms with Crippen molar-refractivity contribution in [2.24, 2.45) is 0 Å². The quantitative estimate of drug-likeness (QED) is 0.594. The minimum absolute atomic E-state index is 1.11. The molecule has 0 heteroatoms. The molecule has 0 nitrogen and oxygen atoms in total. The Morgan fingerprint density at radius 1 is 1.00 bits per heavy atom. The Hall–Kier alpha value is -1.56. The van der Waals surface area contributed by atoms with Gasteiger partial charge < -0.3 is 0 Å². The van der Waals surface area contributed by atoms with E-state index in [4.69, 9.17) is 0 Å². The van der Waals surface area contributed by atoms with Crippen molar-refractivity contribution in [2.45, 2.75) is 32.6 Å². The molecule has 0 unspecified atom stereocenters. The lowest BCUT2D eigenvalue weighted by Crippen LogP contribution is -1.86. The predicted molar refractivity (Wildman–Crippen MR) is 77.1 cm³/mol. The van der Waals surface area contributed by atoms with Gasteiger partial charge in [-0.05, 0) is 34.8 Å². The Morgan fingerprint density at radius 2 is 1.76 bits per heavy atom. The summed E-state index contributed by atoms with van der Waals surface area (Å²) in [6.07, 6.45) is 4.92. The van der Waals surface area contributed by atoms with Crippen LogP contribution >= 0.6 is 0 Å². The summed E-state index contributed by atoms with van der Waals surface area (Å²) in [4.78, 5) is 0. The van der Waals surface area contributed by atoms with E-state index in [0.717, 1.165) is 6.42 Å². The highest BCUT2D eigenvalue weighted by Gasteiger charge is 2.03. The summed E-state index contributed by atoms with van der Waals surface area (Å²) in [6, 6.07) is 15.0. The van der Waals surface area contributed by atoms with Crippen molar-refractivity contribution >= 4 is 16.3 Å². The largest absolute Gasteiger partial charge is 0.0952 e. The Balaban J connectivity index is 2.26. The summed E-state index contributed by atoms with van der Waals surface area (Å²) in [7, 11) is 0. The molecule has 0 spiro atoms. The molecule has 0 radical (unpaired) electrons. The molecule has 0 amide bonds. The summed E-state index contributed by atoms with van der Waals surface area (Å²) < 4.78 is 0. The highest BCUT2D eigenvalue weighted by molar-refractivity contribution is 5.93. The predicted octanol–water partition coefficient (Wildman–Crippen LogP) is 5.43. The first-order chi connectivity index (χ1) is 8.33. The van der Waals surface area contributed by atoms with Crippen LogP contribution in [-0.2, 0) is 0 Å². The van der Waals surface area contributed by atoms with Gasteiger partial charge in [0.1, 0.15) is 0 Å². The lowest BCUT2D eigenvalue weighted by Gasteiger charge is -2.09. The third-order valence-corrected chi connectivity index (χ3v) is 3.25. The fourth-order valence-electron chi connectivity index (χ4n) is 2.26. The molecule has 17 heavy (non-hydrogen) atoms. The van der Waals surface area contributed by atoms with E-state index in [9.17, 15) is 0 Å². The molecule has 0 aliphatic rings. The van der Waals surface area contributed by atoms with Gasteiger partial charge in [-0.3, -0.25) is 0 Å². The van der Waals surface area contributed by atoms with E-state index < -0.39 is 0 Å². The van der Waals surface area contributed by atoms with Crippen LogP contribution in [0.15, 0.2) is 49.0 Å². The second-order valence-corrected chi connectivity index (χ2v) is 4.59. The first-order valence-corrected chi connectivity index (χ1v) is 6.49. The van der Waals surface area contributed by atoms with E-state index in [1.165, 1.54) is 41.2 Å². The van der Waals surface area contributed by atoms with E-state index in [1.807, 2.05) is 0 Å². The zero-order valence-electron chi connectivity index (χ0n) is 10.6. The normalized spacial score (nSPS) is 10.6. The maximum Gasteiger partial charge on any atom is -0.0109 e. The molecule has 0 aliphatic heterocycles. The van der Waals surface area contributed by atoms with Crippen molar-refractivity contribution in [1.82, 2.24) is 0 Å². The smallest absolute Gasteiger partial charge is 0.0109 e. The molecule has 2 rings (SSSR count). The number of rotatable bonds is 5. The van der Waals surface area contributed by atoms with E-state index in [1.54, 1.807) is 0 Å². The lowest BCUT2D eigenvalue weighted by molar-refractivity contribution is 0.736. The number of allylic oxidation sites excluding steroid dienone is 1. The zero-order chi connectivity index (χ0) is 12.1. The third-order valence-electron chi connectivity index (χ3n) is 3.25. The van der Waals surface area contributed by atoms with Gasteiger partial charge >= 0.3 is 0 Å². The van der Waals surface area contributed by atoms with Gasteiger partial charge in [-0.1, -0.05) is 68.8 Å². The van der Waals surface area contributed by atoms with E-state index >= 15 is 0 Å². The van der Waals surface area contributed by atoms with Crippen molar-refractivity contribution in [3.63, 3.8) is 0 Å². The Bertz CT molecular complexity index is 503. The Morgan fingerprint density at radius 3 is 2.59 bits per heavy atom. The van der Waals surface area contributed by atoms with Gasteiger partial charge in [0.05, 0.1) is 0 Å². The van der Waals surface area contributed by atoms with Crippen LogP contribution in [0.4, 0.5) is 0 Å². The highest BCUT2D eigenvalue weighted by Crippen LogP contribution is 2.27. The molecule has 88 valence electrons. The summed E-state index contributed by atoms with van der Waals surface area (Å²) >= 11 is 0. The van der Waals surface area contributed by atoms with Crippen LogP contribution in [0, 0.1) is 0 Å². The third kappa shape index (κ3) is 2.76. The molecule has 2 aromatic carbocycles. The van der Waals surface area contributed by atoms with Gasteiger partial charge in [0, 0.05) is 0 Å². The summed E-state index contributed by atoms with van der Waals surface area (Å²) in [5, 5.41) is 2.64. The molecule has 0 atom stereocenters. The Kier molecular flexibility index (Phi) is 3.98. The minimum atomic E-state index is 1.11. The SMILES string of the molecule is C=C(CCCCC)c1cccc2ccccc12. The Labute approximate surface area is 104 Å². The number of unbranched alkanes of at least 4 members (excludes halogenated alkanes) is 2. The average molecular weight is 224 g/mol. The molecule has 0 saturated heterocycles. The number of benzene rings is 2. The summed E-state index contributed by atoms with van der Waals surface area (Å²) in [6.45, 7) is 6.48. The fourth-order valence-corrected chi connectivity index (χ4v) is 2.26. The van der Waals surface area contributed by atoms with Crippen molar-refractivity contribution in [1.29, 1.82) is 0 Å². The molecular weight excluding hydrogens is 204 g/mol. The molecule has 0 heterocycles. The lowest BCUT2D eigenvalue weighted by atomic mass is 9.96. The number of fused-ring (bicyclic) bond motifs is 1. The number of hydrogen-bond acceptors (Lipinski definition) is 0. The van der Waals surface area contributed by atoms with Crippen LogP contribution in [0.1, 0.15) is 38.2 Å². The topological polar surface area (TPSA) is 0 Å². The molecule has 0 aliphatic carbocycles. The van der Waals surface area contributed by atoms with Crippen LogP contribution in [0.5, 0.6) is 0 Å². The van der Waals surface area contributed by atoms with Crippen LogP contribution in [0.2, 0.25) is 0 Å². The van der Waals surface area contributed by atoms with Gasteiger partial charge in [0.2, 0.25) is 0 Å². The van der Waals surface area contributed by atoms with Crippen LogP contribution in [0.25, 0.3) is 16.3 Å². The van der Waals surface area contributed by atoms with Crippen LogP contribution in [-0.4, -0.2) is 0 Å². The molecule has 0 N–H and O–H groups in total. The van der Waals surface area contributed by atoms with Gasteiger partial charge in [-0.2, -0.15) is 0 Å². The molecule has 0 saturated carbocycles. The van der Waals surface area contributed by atoms with Gasteiger partial charge in [-0.25, -0.2) is 0 Å². The van der Waals surface area contributed by atoms with E-state index in [2.05, 4.69) is 56.0 Å². The van der Waals surface area contributed by atoms with Crippen molar-refractivity contribution in [2.75, 3.05) is 0 Å². The summed E-state index contributed by atoms with van der Waals surface area (Å²) in [5.41, 5.74) is 2.59. The average Bonchev–Trinajstić information content (AvgIpc) is 2.38. The zero-order valence-corrected chi connectivity index (χ0v) is 10.6. The van der Waals surface area contributed by atoms with Gasteiger partial charge in [0.15, 0.2) is 0 Å². The maximum absolute atomic E-state index is 4.25.